The number of aromatic hydroxyl groups is 1. The zero-order valence-electron chi connectivity index (χ0n) is 11.0. The highest BCUT2D eigenvalue weighted by molar-refractivity contribution is 9.10. The summed E-state index contributed by atoms with van der Waals surface area (Å²) in [6.07, 6.45) is 0.796. The number of phenols is 1. The van der Waals surface area contributed by atoms with E-state index in [1.165, 1.54) is 13.4 Å². The number of rotatable bonds is 6. The molecule has 0 aliphatic carbocycles. The van der Waals surface area contributed by atoms with E-state index in [1.54, 1.807) is 24.3 Å². The molecule has 20 heavy (non-hydrogen) atoms. The fraction of sp³-hybridized carbons (Fsp3) is 0.286. The highest BCUT2D eigenvalue weighted by Crippen LogP contribution is 2.33. The Morgan fingerprint density at radius 1 is 1.45 bits per heavy atom. The van der Waals surface area contributed by atoms with Gasteiger partial charge in [0.2, 0.25) is 0 Å². The molecule has 1 heterocycles. The first-order chi connectivity index (χ1) is 9.61. The lowest BCUT2D eigenvalue weighted by atomic mass is 10.1. The third-order valence-corrected chi connectivity index (χ3v) is 3.32. The SMILES string of the molecule is COc1cc(Br)cc(CNCC(O)c2ccco2)c1O. The molecule has 0 fully saturated rings. The molecule has 108 valence electrons. The summed E-state index contributed by atoms with van der Waals surface area (Å²) in [6, 6.07) is 6.93. The number of nitrogens with one attached hydrogen (secondary N) is 1. The predicted octanol–water partition coefficient (Wildman–Crippen LogP) is 2.58. The van der Waals surface area contributed by atoms with Crippen LogP contribution in [0.1, 0.15) is 17.4 Å². The number of aliphatic hydroxyl groups is 1. The lowest BCUT2D eigenvalue weighted by Gasteiger charge is -2.12. The van der Waals surface area contributed by atoms with E-state index in [2.05, 4.69) is 21.2 Å². The summed E-state index contributed by atoms with van der Waals surface area (Å²) in [4.78, 5) is 0. The normalized spacial score (nSPS) is 12.3. The second-order valence-corrected chi connectivity index (χ2v) is 5.19. The Bertz CT molecular complexity index is 557. The highest BCUT2D eigenvalue weighted by atomic mass is 79.9. The number of phenolic OH excluding ortho intramolecular Hbond substituents is 1. The van der Waals surface area contributed by atoms with Crippen molar-refractivity contribution in [2.24, 2.45) is 0 Å². The van der Waals surface area contributed by atoms with Gasteiger partial charge in [-0.3, -0.25) is 0 Å². The number of methoxy groups -OCH3 is 1. The third kappa shape index (κ3) is 3.53. The van der Waals surface area contributed by atoms with Gasteiger partial charge in [0.05, 0.1) is 13.4 Å². The molecule has 3 N–H and O–H groups in total. The molecule has 0 saturated carbocycles. The van der Waals surface area contributed by atoms with E-state index in [9.17, 15) is 10.2 Å². The summed E-state index contributed by atoms with van der Waals surface area (Å²) in [5, 5.41) is 22.9. The van der Waals surface area contributed by atoms with Gasteiger partial charge in [-0.15, -0.1) is 0 Å². The van der Waals surface area contributed by atoms with E-state index in [1.807, 2.05) is 0 Å². The maximum absolute atomic E-state index is 10.00. The van der Waals surface area contributed by atoms with Gasteiger partial charge in [-0.1, -0.05) is 15.9 Å². The van der Waals surface area contributed by atoms with Crippen LogP contribution in [0.25, 0.3) is 0 Å². The van der Waals surface area contributed by atoms with Crippen molar-refractivity contribution in [2.45, 2.75) is 12.6 Å². The van der Waals surface area contributed by atoms with Crippen LogP contribution in [-0.4, -0.2) is 23.9 Å². The Hall–Kier alpha value is -1.50. The van der Waals surface area contributed by atoms with Crippen LogP contribution in [0.15, 0.2) is 39.4 Å². The molecule has 0 aliphatic rings. The Balaban J connectivity index is 1.96. The molecule has 1 atom stereocenters. The van der Waals surface area contributed by atoms with Crippen LogP contribution in [-0.2, 0) is 6.54 Å². The molecule has 5 nitrogen and oxygen atoms in total. The van der Waals surface area contributed by atoms with Gasteiger partial charge in [-0.2, -0.15) is 0 Å². The standard InChI is InChI=1S/C14H16BrNO4/c1-19-13-6-10(15)5-9(14(13)18)7-16-8-11(17)12-3-2-4-20-12/h2-6,11,16-18H,7-8H2,1H3. The minimum absolute atomic E-state index is 0.0932. The van der Waals surface area contributed by atoms with Gasteiger partial charge in [0.15, 0.2) is 11.5 Å². The van der Waals surface area contributed by atoms with E-state index >= 15 is 0 Å². The molecule has 1 unspecified atom stereocenters. The minimum atomic E-state index is -0.721. The van der Waals surface area contributed by atoms with Crippen molar-refractivity contribution in [1.29, 1.82) is 0 Å². The second-order valence-electron chi connectivity index (χ2n) is 4.28. The van der Waals surface area contributed by atoms with E-state index < -0.39 is 6.10 Å². The summed E-state index contributed by atoms with van der Waals surface area (Å²) in [7, 11) is 1.50. The first-order valence-corrected chi connectivity index (χ1v) is 6.88. The van der Waals surface area contributed by atoms with Gasteiger partial charge in [0, 0.05) is 23.1 Å². The predicted molar refractivity (Wildman–Crippen MR) is 77.7 cm³/mol. The number of ether oxygens (including phenoxy) is 1. The van der Waals surface area contributed by atoms with E-state index in [-0.39, 0.29) is 5.75 Å². The van der Waals surface area contributed by atoms with Gasteiger partial charge in [-0.05, 0) is 24.3 Å². The van der Waals surface area contributed by atoms with Crippen LogP contribution < -0.4 is 10.1 Å². The van der Waals surface area contributed by atoms with Crippen molar-refractivity contribution < 1.29 is 19.4 Å². The molecule has 0 radical (unpaired) electrons. The smallest absolute Gasteiger partial charge is 0.162 e. The number of furan rings is 1. The molecule has 2 aromatic rings. The van der Waals surface area contributed by atoms with Crippen LogP contribution >= 0.6 is 15.9 Å². The molecule has 0 spiro atoms. The van der Waals surface area contributed by atoms with Crippen molar-refractivity contribution in [3.05, 3.63) is 46.3 Å². The van der Waals surface area contributed by atoms with Crippen LogP contribution in [0.4, 0.5) is 0 Å². The zero-order chi connectivity index (χ0) is 14.5. The van der Waals surface area contributed by atoms with Gasteiger partial charge in [0.1, 0.15) is 11.9 Å². The highest BCUT2D eigenvalue weighted by Gasteiger charge is 2.12. The monoisotopic (exact) mass is 341 g/mol. The van der Waals surface area contributed by atoms with E-state index in [0.29, 0.717) is 30.2 Å². The zero-order valence-corrected chi connectivity index (χ0v) is 12.6. The summed E-state index contributed by atoms with van der Waals surface area (Å²) in [6.45, 7) is 0.723. The number of benzene rings is 1. The topological polar surface area (TPSA) is 74.9 Å². The van der Waals surface area contributed by atoms with E-state index in [0.717, 1.165) is 4.47 Å². The molecule has 1 aromatic heterocycles. The van der Waals surface area contributed by atoms with Crippen molar-refractivity contribution >= 4 is 15.9 Å². The number of aliphatic hydroxyl groups excluding tert-OH is 1. The molecule has 0 saturated heterocycles. The summed E-state index contributed by atoms with van der Waals surface area (Å²) in [5.74, 6) is 1.01. The average Bonchev–Trinajstić information content (AvgIpc) is 2.96. The molecule has 0 bridgehead atoms. The minimum Gasteiger partial charge on any atom is -0.504 e. The molecule has 6 heteroatoms. The van der Waals surface area contributed by atoms with Gasteiger partial charge >= 0.3 is 0 Å². The largest absolute Gasteiger partial charge is 0.504 e. The first-order valence-electron chi connectivity index (χ1n) is 6.09. The Morgan fingerprint density at radius 3 is 2.90 bits per heavy atom. The third-order valence-electron chi connectivity index (χ3n) is 2.86. The fourth-order valence-corrected chi connectivity index (χ4v) is 2.33. The summed E-state index contributed by atoms with van der Waals surface area (Å²) >= 11 is 3.36. The molecule has 0 amide bonds. The van der Waals surface area contributed by atoms with Gasteiger partial charge < -0.3 is 24.7 Å². The Labute approximate surface area is 125 Å². The van der Waals surface area contributed by atoms with Crippen LogP contribution in [0, 0.1) is 0 Å². The number of halogens is 1. The van der Waals surface area contributed by atoms with E-state index in [4.69, 9.17) is 9.15 Å². The van der Waals surface area contributed by atoms with Crippen LogP contribution in [0.2, 0.25) is 0 Å². The average molecular weight is 342 g/mol. The van der Waals surface area contributed by atoms with Gasteiger partial charge in [-0.25, -0.2) is 0 Å². The summed E-state index contributed by atoms with van der Waals surface area (Å²) < 4.78 is 11.0. The van der Waals surface area contributed by atoms with Crippen LogP contribution in [0.3, 0.4) is 0 Å². The molecule has 2 rings (SSSR count). The first kappa shape index (κ1) is 14.9. The molecular formula is C14H16BrNO4. The van der Waals surface area contributed by atoms with Crippen LogP contribution in [0.5, 0.6) is 11.5 Å². The Kier molecular flexibility index (Phi) is 5.05. The quantitative estimate of drug-likeness (QED) is 0.752. The maximum Gasteiger partial charge on any atom is 0.162 e. The molecule has 1 aromatic carbocycles. The number of hydrogen-bond acceptors (Lipinski definition) is 5. The second kappa shape index (κ2) is 6.78. The van der Waals surface area contributed by atoms with Crippen molar-refractivity contribution in [1.82, 2.24) is 5.32 Å². The molecular weight excluding hydrogens is 326 g/mol. The maximum atomic E-state index is 10.00. The Morgan fingerprint density at radius 2 is 2.25 bits per heavy atom. The number of hydrogen-bond donors (Lipinski definition) is 3. The lowest BCUT2D eigenvalue weighted by Crippen LogP contribution is -2.20. The van der Waals surface area contributed by atoms with Gasteiger partial charge in [0.25, 0.3) is 0 Å². The van der Waals surface area contributed by atoms with Crippen molar-refractivity contribution in [3.63, 3.8) is 0 Å². The lowest BCUT2D eigenvalue weighted by molar-refractivity contribution is 0.147. The summed E-state index contributed by atoms with van der Waals surface area (Å²) in [5.41, 5.74) is 0.683. The fourth-order valence-electron chi connectivity index (χ4n) is 1.84. The van der Waals surface area contributed by atoms with Crippen molar-refractivity contribution in [2.75, 3.05) is 13.7 Å². The van der Waals surface area contributed by atoms with Crippen molar-refractivity contribution in [3.8, 4) is 11.5 Å². The molecule has 0 aliphatic heterocycles.